The van der Waals surface area contributed by atoms with Crippen LogP contribution in [0.15, 0.2) is 12.1 Å². The van der Waals surface area contributed by atoms with Crippen LogP contribution < -0.4 is 10.1 Å². The summed E-state index contributed by atoms with van der Waals surface area (Å²) in [5, 5.41) is 4.46. The van der Waals surface area contributed by atoms with Crippen molar-refractivity contribution < 1.29 is 4.74 Å². The highest BCUT2D eigenvalue weighted by Crippen LogP contribution is 2.43. The number of hydrogen-bond acceptors (Lipinski definition) is 2. The van der Waals surface area contributed by atoms with Crippen LogP contribution in [-0.4, -0.2) is 13.7 Å². The van der Waals surface area contributed by atoms with Gasteiger partial charge in [-0.1, -0.05) is 25.4 Å². The van der Waals surface area contributed by atoms with Gasteiger partial charge in [0.05, 0.1) is 7.11 Å². The van der Waals surface area contributed by atoms with Crippen molar-refractivity contribution in [3.63, 3.8) is 0 Å². The molecule has 18 heavy (non-hydrogen) atoms. The van der Waals surface area contributed by atoms with Crippen LogP contribution in [0.1, 0.15) is 56.2 Å². The van der Waals surface area contributed by atoms with Crippen molar-refractivity contribution in [2.24, 2.45) is 0 Å². The van der Waals surface area contributed by atoms with Crippen LogP contribution in [-0.2, 0) is 0 Å². The SMILES string of the molecule is CCCNC1CCC(C)c2c(Cl)cc(OC)cc21. The van der Waals surface area contributed by atoms with E-state index in [1.165, 1.54) is 24.0 Å². The number of rotatable bonds is 4. The number of methoxy groups -OCH3 is 1. The Bertz CT molecular complexity index is 419. The molecule has 0 radical (unpaired) electrons. The van der Waals surface area contributed by atoms with E-state index in [1.807, 2.05) is 6.07 Å². The topological polar surface area (TPSA) is 21.3 Å². The van der Waals surface area contributed by atoms with Gasteiger partial charge in [-0.3, -0.25) is 0 Å². The van der Waals surface area contributed by atoms with E-state index in [9.17, 15) is 0 Å². The highest BCUT2D eigenvalue weighted by molar-refractivity contribution is 6.31. The van der Waals surface area contributed by atoms with Gasteiger partial charge in [-0.05, 0) is 55.0 Å². The van der Waals surface area contributed by atoms with Gasteiger partial charge in [-0.15, -0.1) is 0 Å². The van der Waals surface area contributed by atoms with Gasteiger partial charge in [0.1, 0.15) is 5.75 Å². The van der Waals surface area contributed by atoms with Crippen molar-refractivity contribution in [3.8, 4) is 5.75 Å². The second-order valence-electron chi connectivity index (χ2n) is 5.10. The Morgan fingerprint density at radius 2 is 2.17 bits per heavy atom. The van der Waals surface area contributed by atoms with E-state index in [0.29, 0.717) is 12.0 Å². The number of halogens is 1. The zero-order valence-electron chi connectivity index (χ0n) is 11.4. The minimum Gasteiger partial charge on any atom is -0.497 e. The predicted molar refractivity (Wildman–Crippen MR) is 76.7 cm³/mol. The van der Waals surface area contributed by atoms with E-state index in [0.717, 1.165) is 23.7 Å². The van der Waals surface area contributed by atoms with Gasteiger partial charge >= 0.3 is 0 Å². The molecule has 100 valence electrons. The van der Waals surface area contributed by atoms with Gasteiger partial charge in [0.2, 0.25) is 0 Å². The van der Waals surface area contributed by atoms with Crippen LogP contribution in [0.4, 0.5) is 0 Å². The van der Waals surface area contributed by atoms with Crippen LogP contribution in [0.25, 0.3) is 0 Å². The second kappa shape index (κ2) is 5.94. The Morgan fingerprint density at radius 3 is 2.83 bits per heavy atom. The van der Waals surface area contributed by atoms with Crippen LogP contribution in [0, 0.1) is 0 Å². The minimum absolute atomic E-state index is 0.420. The molecular formula is C15H22ClNO. The third-order valence-electron chi connectivity index (χ3n) is 3.77. The first-order valence-corrected chi connectivity index (χ1v) is 7.15. The Hall–Kier alpha value is -0.730. The zero-order valence-corrected chi connectivity index (χ0v) is 12.2. The first-order valence-electron chi connectivity index (χ1n) is 6.78. The molecule has 0 aliphatic heterocycles. The Labute approximate surface area is 115 Å². The lowest BCUT2D eigenvalue weighted by Crippen LogP contribution is -2.27. The summed E-state index contributed by atoms with van der Waals surface area (Å²) in [6.45, 7) is 5.50. The lowest BCUT2D eigenvalue weighted by Gasteiger charge is -2.31. The monoisotopic (exact) mass is 267 g/mol. The molecule has 0 amide bonds. The summed E-state index contributed by atoms with van der Waals surface area (Å²) in [4.78, 5) is 0. The maximum absolute atomic E-state index is 6.41. The standard InChI is InChI=1S/C15H22ClNO/c1-4-7-17-14-6-5-10(2)15-12(14)8-11(18-3)9-13(15)16/h8-10,14,17H,4-7H2,1-3H3. The third-order valence-corrected chi connectivity index (χ3v) is 4.08. The molecule has 3 heteroatoms. The van der Waals surface area contributed by atoms with Gasteiger partial charge in [-0.2, -0.15) is 0 Å². The maximum Gasteiger partial charge on any atom is 0.120 e. The molecule has 1 aliphatic carbocycles. The summed E-state index contributed by atoms with van der Waals surface area (Å²) < 4.78 is 5.34. The molecule has 1 N–H and O–H groups in total. The van der Waals surface area contributed by atoms with Gasteiger partial charge in [0, 0.05) is 11.1 Å². The molecule has 2 nitrogen and oxygen atoms in total. The summed E-state index contributed by atoms with van der Waals surface area (Å²) in [6.07, 6.45) is 3.52. The fraction of sp³-hybridized carbons (Fsp3) is 0.600. The number of hydrogen-bond donors (Lipinski definition) is 1. The Morgan fingerprint density at radius 1 is 1.39 bits per heavy atom. The smallest absolute Gasteiger partial charge is 0.120 e. The molecular weight excluding hydrogens is 246 g/mol. The third kappa shape index (κ3) is 2.65. The zero-order chi connectivity index (χ0) is 13.1. The molecule has 1 aromatic carbocycles. The molecule has 0 saturated heterocycles. The molecule has 0 aromatic heterocycles. The maximum atomic E-state index is 6.41. The molecule has 2 rings (SSSR count). The average molecular weight is 268 g/mol. The van der Waals surface area contributed by atoms with Crippen LogP contribution in [0.5, 0.6) is 5.75 Å². The Kier molecular flexibility index (Phi) is 4.52. The molecule has 0 fully saturated rings. The lowest BCUT2D eigenvalue weighted by atomic mass is 9.80. The van der Waals surface area contributed by atoms with Crippen molar-refractivity contribution in [3.05, 3.63) is 28.3 Å². The van der Waals surface area contributed by atoms with E-state index in [2.05, 4.69) is 25.2 Å². The molecule has 0 spiro atoms. The number of ether oxygens (including phenoxy) is 1. The highest BCUT2D eigenvalue weighted by atomic mass is 35.5. The summed E-state index contributed by atoms with van der Waals surface area (Å²) in [5.74, 6) is 1.40. The quantitative estimate of drug-likeness (QED) is 0.879. The molecule has 0 bridgehead atoms. The summed E-state index contributed by atoms with van der Waals surface area (Å²) >= 11 is 6.41. The van der Waals surface area contributed by atoms with Crippen molar-refractivity contribution >= 4 is 11.6 Å². The highest BCUT2D eigenvalue weighted by Gasteiger charge is 2.27. The summed E-state index contributed by atoms with van der Waals surface area (Å²) in [5.41, 5.74) is 2.63. The Balaban J connectivity index is 2.38. The van der Waals surface area contributed by atoms with Gasteiger partial charge in [-0.25, -0.2) is 0 Å². The van der Waals surface area contributed by atoms with Crippen LogP contribution >= 0.6 is 11.6 Å². The van der Waals surface area contributed by atoms with E-state index in [4.69, 9.17) is 16.3 Å². The second-order valence-corrected chi connectivity index (χ2v) is 5.50. The van der Waals surface area contributed by atoms with Gasteiger partial charge < -0.3 is 10.1 Å². The van der Waals surface area contributed by atoms with E-state index < -0.39 is 0 Å². The fourth-order valence-corrected chi connectivity index (χ4v) is 3.19. The van der Waals surface area contributed by atoms with Crippen LogP contribution in [0.3, 0.4) is 0 Å². The predicted octanol–water partition coefficient (Wildman–Crippen LogP) is 4.29. The normalized spacial score (nSPS) is 22.7. The minimum atomic E-state index is 0.420. The lowest BCUT2D eigenvalue weighted by molar-refractivity contribution is 0.404. The average Bonchev–Trinajstić information content (AvgIpc) is 2.37. The number of nitrogens with one attached hydrogen (secondary N) is 1. The number of benzene rings is 1. The molecule has 2 unspecified atom stereocenters. The number of fused-ring (bicyclic) bond motifs is 1. The van der Waals surface area contributed by atoms with Crippen molar-refractivity contribution in [1.29, 1.82) is 0 Å². The van der Waals surface area contributed by atoms with Crippen molar-refractivity contribution in [2.75, 3.05) is 13.7 Å². The largest absolute Gasteiger partial charge is 0.497 e. The first-order chi connectivity index (χ1) is 8.67. The van der Waals surface area contributed by atoms with E-state index in [1.54, 1.807) is 7.11 Å². The summed E-state index contributed by atoms with van der Waals surface area (Å²) in [7, 11) is 1.69. The summed E-state index contributed by atoms with van der Waals surface area (Å²) in [6, 6.07) is 4.49. The first kappa shape index (κ1) is 13.7. The van der Waals surface area contributed by atoms with Gasteiger partial charge in [0.25, 0.3) is 0 Å². The molecule has 1 aromatic rings. The van der Waals surface area contributed by atoms with Crippen molar-refractivity contribution in [2.45, 2.75) is 45.1 Å². The van der Waals surface area contributed by atoms with Crippen molar-refractivity contribution in [1.82, 2.24) is 5.32 Å². The molecule has 1 aliphatic rings. The van der Waals surface area contributed by atoms with E-state index >= 15 is 0 Å². The fourth-order valence-electron chi connectivity index (χ4n) is 2.79. The van der Waals surface area contributed by atoms with E-state index in [-0.39, 0.29) is 0 Å². The van der Waals surface area contributed by atoms with Gasteiger partial charge in [0.15, 0.2) is 0 Å². The molecule has 0 saturated carbocycles. The molecule has 0 heterocycles. The van der Waals surface area contributed by atoms with Crippen LogP contribution in [0.2, 0.25) is 5.02 Å². The molecule has 2 atom stereocenters.